The molecular weight excluding hydrogens is 406 g/mol. The lowest BCUT2D eigenvalue weighted by atomic mass is 9.82. The van der Waals surface area contributed by atoms with Gasteiger partial charge in [-0.3, -0.25) is 4.99 Å². The number of aliphatic imine (C=N–C) groups is 3. The molecule has 4 aliphatic rings. The summed E-state index contributed by atoms with van der Waals surface area (Å²) in [6.07, 6.45) is 8.92. The van der Waals surface area contributed by atoms with Crippen LogP contribution in [0.4, 0.5) is 0 Å². The molecule has 0 amide bonds. The Morgan fingerprint density at radius 2 is 2.00 bits per heavy atom. The number of dihydropyridines is 1. The molecule has 2 unspecified atom stereocenters. The Morgan fingerprint density at radius 1 is 1.12 bits per heavy atom. The summed E-state index contributed by atoms with van der Waals surface area (Å²) in [7, 11) is 1.61. The van der Waals surface area contributed by atoms with Gasteiger partial charge < -0.3 is 19.3 Å². The molecule has 0 spiro atoms. The van der Waals surface area contributed by atoms with Crippen LogP contribution in [0.5, 0.6) is 5.75 Å². The Kier molecular flexibility index (Phi) is 6.30. The number of methoxy groups -OCH3 is 1. The average Bonchev–Trinajstić information content (AvgIpc) is 2.88. The Bertz CT molecular complexity index is 1020. The molecule has 1 aromatic carbocycles. The van der Waals surface area contributed by atoms with Crippen molar-refractivity contribution in [3.63, 3.8) is 0 Å². The van der Waals surface area contributed by atoms with E-state index in [-0.39, 0.29) is 18.7 Å². The molecule has 7 nitrogen and oxygen atoms in total. The van der Waals surface area contributed by atoms with Gasteiger partial charge in [-0.1, -0.05) is 12.2 Å². The lowest BCUT2D eigenvalue weighted by Gasteiger charge is -2.34. The number of rotatable bonds is 5. The van der Waals surface area contributed by atoms with Crippen LogP contribution in [0.2, 0.25) is 0 Å². The minimum absolute atomic E-state index is 0.0709. The first-order valence-corrected chi connectivity index (χ1v) is 11.3. The minimum Gasteiger partial charge on any atom is -0.496 e. The molecule has 1 N–H and O–H groups in total. The summed E-state index contributed by atoms with van der Waals surface area (Å²) in [5.41, 5.74) is 4.88. The maximum Gasteiger partial charge on any atom is 0.154 e. The van der Waals surface area contributed by atoms with Crippen molar-refractivity contribution < 1.29 is 19.3 Å². The third kappa shape index (κ3) is 4.20. The number of amidine groups is 1. The summed E-state index contributed by atoms with van der Waals surface area (Å²) in [4.78, 5) is 15.1. The monoisotopic (exact) mass is 435 g/mol. The molecule has 1 aromatic rings. The molecule has 7 heteroatoms. The number of hydrogen-bond acceptors (Lipinski definition) is 7. The highest BCUT2D eigenvalue weighted by Crippen LogP contribution is 2.33. The van der Waals surface area contributed by atoms with Crippen LogP contribution >= 0.6 is 0 Å². The van der Waals surface area contributed by atoms with Gasteiger partial charge in [0.15, 0.2) is 12.0 Å². The molecule has 5 rings (SSSR count). The fourth-order valence-electron chi connectivity index (χ4n) is 4.75. The van der Waals surface area contributed by atoms with E-state index >= 15 is 0 Å². The summed E-state index contributed by atoms with van der Waals surface area (Å²) in [6.45, 7) is 2.77. The normalized spacial score (nSPS) is 25.9. The van der Waals surface area contributed by atoms with Crippen LogP contribution in [0.3, 0.4) is 0 Å². The van der Waals surface area contributed by atoms with Gasteiger partial charge in [0.25, 0.3) is 0 Å². The molecule has 1 saturated heterocycles. The Balaban J connectivity index is 1.50. The van der Waals surface area contributed by atoms with Crippen LogP contribution in [-0.2, 0) is 16.1 Å². The van der Waals surface area contributed by atoms with Crippen molar-refractivity contribution in [1.29, 1.82) is 0 Å². The van der Waals surface area contributed by atoms with Crippen molar-refractivity contribution in [2.24, 2.45) is 26.8 Å². The summed E-state index contributed by atoms with van der Waals surface area (Å²) < 4.78 is 16.4. The minimum atomic E-state index is -0.233. The number of ether oxygens (including phenoxy) is 3. The zero-order valence-corrected chi connectivity index (χ0v) is 18.4. The molecule has 0 radical (unpaired) electrons. The summed E-state index contributed by atoms with van der Waals surface area (Å²) in [5, 5.41) is 9.72. The quantitative estimate of drug-likeness (QED) is 0.770. The van der Waals surface area contributed by atoms with E-state index in [1.807, 2.05) is 18.2 Å². The van der Waals surface area contributed by atoms with Gasteiger partial charge in [-0.15, -0.1) is 0 Å². The Morgan fingerprint density at radius 3 is 2.75 bits per heavy atom. The molecule has 0 aromatic heterocycles. The van der Waals surface area contributed by atoms with E-state index in [9.17, 15) is 5.11 Å². The lowest BCUT2D eigenvalue weighted by molar-refractivity contribution is 0.0818. The first-order chi connectivity index (χ1) is 15.8. The van der Waals surface area contributed by atoms with E-state index in [0.717, 1.165) is 60.7 Å². The van der Waals surface area contributed by atoms with Crippen LogP contribution in [0.15, 0.2) is 57.0 Å². The number of nitrogens with zero attached hydrogens (tertiary/aromatic N) is 3. The van der Waals surface area contributed by atoms with Crippen molar-refractivity contribution >= 4 is 17.3 Å². The van der Waals surface area contributed by atoms with Crippen molar-refractivity contribution in [2.75, 3.05) is 33.5 Å². The third-order valence-corrected chi connectivity index (χ3v) is 6.52. The zero-order chi connectivity index (χ0) is 21.9. The zero-order valence-electron chi connectivity index (χ0n) is 18.4. The number of fused-ring (bicyclic) bond motifs is 1. The fraction of sp³-hybridized carbons (Fsp3) is 0.480. The van der Waals surface area contributed by atoms with Crippen LogP contribution < -0.4 is 4.74 Å². The Hall–Kier alpha value is -2.61. The first-order valence-electron chi connectivity index (χ1n) is 11.3. The van der Waals surface area contributed by atoms with E-state index in [1.165, 1.54) is 5.71 Å². The largest absolute Gasteiger partial charge is 0.496 e. The van der Waals surface area contributed by atoms with Gasteiger partial charge in [0.2, 0.25) is 0 Å². The average molecular weight is 436 g/mol. The van der Waals surface area contributed by atoms with E-state index in [0.29, 0.717) is 24.9 Å². The highest BCUT2D eigenvalue weighted by Gasteiger charge is 2.36. The highest BCUT2D eigenvalue weighted by molar-refractivity contribution is 6.13. The summed E-state index contributed by atoms with van der Waals surface area (Å²) in [6, 6.07) is 5.79. The van der Waals surface area contributed by atoms with Gasteiger partial charge in [-0.05, 0) is 49.1 Å². The maximum atomic E-state index is 9.72. The van der Waals surface area contributed by atoms with Gasteiger partial charge in [0.1, 0.15) is 5.75 Å². The van der Waals surface area contributed by atoms with Gasteiger partial charge in [-0.25, -0.2) is 9.98 Å². The Labute approximate surface area is 188 Å². The lowest BCUT2D eigenvalue weighted by Crippen LogP contribution is -2.39. The second-order valence-electron chi connectivity index (χ2n) is 8.43. The number of hydrogen-bond donors (Lipinski definition) is 1. The fourth-order valence-corrected chi connectivity index (χ4v) is 4.75. The number of benzene rings is 1. The molecule has 0 aliphatic carbocycles. The first kappa shape index (κ1) is 21.2. The predicted molar refractivity (Wildman–Crippen MR) is 124 cm³/mol. The standard InChI is InChI=1S/C25H29N3O4/c1-30-22-5-2-18(14-19(22)15-29)21-4-3-20-23(16-6-10-31-11-7-16)27-24(28-25(20)26-21)17-8-12-32-13-9-17/h2-5,8,14,16,20,25,29H,6-7,9-13,15H2,1H3. The van der Waals surface area contributed by atoms with E-state index in [4.69, 9.17) is 29.2 Å². The molecule has 1 fully saturated rings. The van der Waals surface area contributed by atoms with E-state index in [1.54, 1.807) is 7.11 Å². The molecule has 4 aliphatic heterocycles. The van der Waals surface area contributed by atoms with Crippen molar-refractivity contribution in [3.8, 4) is 5.75 Å². The third-order valence-electron chi connectivity index (χ3n) is 6.52. The molecule has 168 valence electrons. The maximum absolute atomic E-state index is 9.72. The van der Waals surface area contributed by atoms with Gasteiger partial charge in [0.05, 0.1) is 38.6 Å². The predicted octanol–water partition coefficient (Wildman–Crippen LogP) is 3.12. The van der Waals surface area contributed by atoms with Crippen LogP contribution in [-0.4, -0.2) is 62.1 Å². The topological polar surface area (TPSA) is 85.0 Å². The van der Waals surface area contributed by atoms with E-state index in [2.05, 4.69) is 18.2 Å². The van der Waals surface area contributed by atoms with Crippen LogP contribution in [0.1, 0.15) is 30.4 Å². The molecule has 2 atom stereocenters. The number of aliphatic hydroxyl groups excluding tert-OH is 1. The second-order valence-corrected chi connectivity index (χ2v) is 8.43. The molecular formula is C25H29N3O4. The van der Waals surface area contributed by atoms with Gasteiger partial charge in [0, 0.05) is 36.0 Å². The SMILES string of the molecule is COc1ccc(C2=NC3N=C(C4=CCOCC4)N=C(C4CCOCC4)C3C=C2)cc1CO. The molecule has 0 bridgehead atoms. The second kappa shape index (κ2) is 9.48. The summed E-state index contributed by atoms with van der Waals surface area (Å²) >= 11 is 0. The van der Waals surface area contributed by atoms with Crippen molar-refractivity contribution in [2.45, 2.75) is 32.0 Å². The number of aliphatic hydroxyl groups is 1. The number of allylic oxidation sites excluding steroid dienone is 1. The molecule has 0 saturated carbocycles. The van der Waals surface area contributed by atoms with Crippen molar-refractivity contribution in [3.05, 3.63) is 53.1 Å². The van der Waals surface area contributed by atoms with Crippen LogP contribution in [0, 0.1) is 11.8 Å². The smallest absolute Gasteiger partial charge is 0.154 e. The molecule has 32 heavy (non-hydrogen) atoms. The highest BCUT2D eigenvalue weighted by atomic mass is 16.5. The molecule has 4 heterocycles. The van der Waals surface area contributed by atoms with E-state index < -0.39 is 0 Å². The van der Waals surface area contributed by atoms with Gasteiger partial charge in [-0.2, -0.15) is 0 Å². The van der Waals surface area contributed by atoms with Crippen LogP contribution in [0.25, 0.3) is 0 Å². The van der Waals surface area contributed by atoms with Gasteiger partial charge >= 0.3 is 0 Å². The van der Waals surface area contributed by atoms with Crippen molar-refractivity contribution in [1.82, 2.24) is 0 Å². The summed E-state index contributed by atoms with van der Waals surface area (Å²) in [5.74, 6) is 1.94.